The van der Waals surface area contributed by atoms with Gasteiger partial charge in [-0.1, -0.05) is 72.8 Å². The van der Waals surface area contributed by atoms with Gasteiger partial charge >= 0.3 is 0 Å². The Balaban J connectivity index is 1.45. The van der Waals surface area contributed by atoms with Gasteiger partial charge in [-0.25, -0.2) is 9.05 Å². The van der Waals surface area contributed by atoms with E-state index in [0.717, 1.165) is 0 Å². The summed E-state index contributed by atoms with van der Waals surface area (Å²) >= 11 is 0. The minimum atomic E-state index is -1.29. The van der Waals surface area contributed by atoms with Gasteiger partial charge in [0.05, 0.1) is 0 Å². The maximum absolute atomic E-state index is 6.43. The highest BCUT2D eigenvalue weighted by molar-refractivity contribution is 7.69. The molecule has 2 nitrogen and oxygen atoms in total. The van der Waals surface area contributed by atoms with Crippen LogP contribution in [0.2, 0.25) is 0 Å². The molecule has 0 fully saturated rings. The lowest BCUT2D eigenvalue weighted by molar-refractivity contribution is 0.254. The number of rotatable bonds is 9. The Kier molecular flexibility index (Phi) is 7.78. The fourth-order valence-corrected chi connectivity index (χ4v) is 7.20. The number of hydrogen-bond donors (Lipinski definition) is 0. The fourth-order valence-electron chi connectivity index (χ4n) is 3.31. The molecule has 0 aromatic heterocycles. The summed E-state index contributed by atoms with van der Waals surface area (Å²) in [7, 11) is -2.59. The van der Waals surface area contributed by atoms with Crippen molar-refractivity contribution in [2.45, 2.75) is 0 Å². The van der Waals surface area contributed by atoms with E-state index in [1.807, 2.05) is 24.3 Å². The molecule has 0 radical (unpaired) electrons. The first kappa shape index (κ1) is 20.9. The predicted octanol–water partition coefficient (Wildman–Crippen LogP) is 4.58. The van der Waals surface area contributed by atoms with Gasteiger partial charge in [0.2, 0.25) is 0 Å². The topological polar surface area (TPSA) is 18.5 Å². The Labute approximate surface area is 181 Å². The Morgan fingerprint density at radius 3 is 0.833 bits per heavy atom. The van der Waals surface area contributed by atoms with Crippen LogP contribution in [0.25, 0.3) is 0 Å². The highest BCUT2D eigenvalue weighted by Crippen LogP contribution is 2.37. The molecule has 4 aromatic carbocycles. The average Bonchev–Trinajstić information content (AvgIpc) is 2.84. The van der Waals surface area contributed by atoms with Gasteiger partial charge in [0, 0.05) is 0 Å². The minimum absolute atomic E-state index is 0.575. The second kappa shape index (κ2) is 11.2. The maximum Gasteiger partial charge on any atom is 0.197 e. The molecule has 4 rings (SSSR count). The summed E-state index contributed by atoms with van der Waals surface area (Å²) < 4.78 is 12.9. The molecular weight excluding hydrogens is 406 g/mol. The zero-order chi connectivity index (χ0) is 20.4. The van der Waals surface area contributed by atoms with Gasteiger partial charge < -0.3 is 0 Å². The summed E-state index contributed by atoms with van der Waals surface area (Å²) in [5, 5.41) is 5.02. The van der Waals surface area contributed by atoms with Crippen LogP contribution in [0.1, 0.15) is 0 Å². The molecule has 0 saturated carbocycles. The van der Waals surface area contributed by atoms with Gasteiger partial charge in [-0.05, 0) is 48.5 Å². The predicted molar refractivity (Wildman–Crippen MR) is 133 cm³/mol. The van der Waals surface area contributed by atoms with E-state index in [0.29, 0.717) is 13.2 Å². The van der Waals surface area contributed by atoms with Crippen molar-refractivity contribution in [1.82, 2.24) is 0 Å². The second-order valence-electron chi connectivity index (χ2n) is 6.82. The largest absolute Gasteiger partial charge is 0.227 e. The normalized spacial score (nSPS) is 11.1. The van der Waals surface area contributed by atoms with Crippen LogP contribution in [-0.4, -0.2) is 13.2 Å². The third-order valence-electron chi connectivity index (χ3n) is 4.72. The molecule has 0 amide bonds. The van der Waals surface area contributed by atoms with E-state index in [4.69, 9.17) is 9.05 Å². The zero-order valence-corrected chi connectivity index (χ0v) is 18.8. The van der Waals surface area contributed by atoms with E-state index < -0.39 is 16.3 Å². The van der Waals surface area contributed by atoms with Crippen LogP contribution in [0.5, 0.6) is 0 Å². The third-order valence-corrected chi connectivity index (χ3v) is 9.14. The molecule has 4 heteroatoms. The smallest absolute Gasteiger partial charge is 0.197 e. The van der Waals surface area contributed by atoms with Crippen molar-refractivity contribution in [2.75, 3.05) is 13.2 Å². The number of benzene rings is 4. The fraction of sp³-hybridized carbons (Fsp3) is 0.0769. The number of hydrogen-bond acceptors (Lipinski definition) is 2. The zero-order valence-electron chi connectivity index (χ0n) is 16.8. The summed E-state index contributed by atoms with van der Waals surface area (Å²) in [6.07, 6.45) is 0. The lowest BCUT2D eigenvalue weighted by Crippen LogP contribution is -2.17. The molecule has 0 aliphatic rings. The monoisotopic (exact) mass is 432 g/mol. The van der Waals surface area contributed by atoms with E-state index >= 15 is 0 Å². The van der Waals surface area contributed by atoms with Crippen LogP contribution < -0.4 is 21.2 Å². The second-order valence-corrected chi connectivity index (χ2v) is 11.0. The van der Waals surface area contributed by atoms with Crippen LogP contribution >= 0.6 is 16.3 Å². The van der Waals surface area contributed by atoms with Gasteiger partial charge in [-0.2, -0.15) is 0 Å². The van der Waals surface area contributed by atoms with Crippen molar-refractivity contribution in [3.63, 3.8) is 0 Å². The molecule has 0 saturated heterocycles. The van der Waals surface area contributed by atoms with Gasteiger partial charge in [-0.3, -0.25) is 0 Å². The van der Waals surface area contributed by atoms with Gasteiger partial charge in [0.25, 0.3) is 0 Å². The van der Waals surface area contributed by atoms with Gasteiger partial charge in [-0.15, -0.1) is 0 Å². The van der Waals surface area contributed by atoms with Crippen molar-refractivity contribution < 1.29 is 9.05 Å². The van der Waals surface area contributed by atoms with Crippen LogP contribution in [0.3, 0.4) is 0 Å². The molecule has 4 aromatic rings. The first-order valence-corrected chi connectivity index (χ1v) is 12.9. The van der Waals surface area contributed by atoms with Gasteiger partial charge in [0.1, 0.15) is 34.4 Å². The van der Waals surface area contributed by atoms with Crippen molar-refractivity contribution >= 4 is 37.5 Å². The Morgan fingerprint density at radius 2 is 0.600 bits per heavy atom. The first-order valence-electron chi connectivity index (χ1n) is 10.1. The highest BCUT2D eigenvalue weighted by atomic mass is 31.1. The van der Waals surface area contributed by atoms with Crippen molar-refractivity contribution in [3.05, 3.63) is 121 Å². The molecule has 0 spiro atoms. The molecule has 0 aliphatic heterocycles. The first-order chi connectivity index (χ1) is 14.9. The standard InChI is InChI=1S/C26H24O2P2/c1-5-13-23(14-6-1)29(24-15-7-2-8-16-24)27-21-22-28-30(25-17-9-3-10-18-25)26-19-11-4-12-20-26/h1-20H,21-22H2/p+2. The quantitative estimate of drug-likeness (QED) is 0.285. The molecule has 150 valence electrons. The molecule has 0 atom stereocenters. The van der Waals surface area contributed by atoms with Crippen LogP contribution in [0.15, 0.2) is 121 Å². The third kappa shape index (κ3) is 5.63. The van der Waals surface area contributed by atoms with E-state index in [1.165, 1.54) is 21.2 Å². The molecule has 0 aliphatic carbocycles. The molecule has 0 heterocycles. The van der Waals surface area contributed by atoms with E-state index in [9.17, 15) is 0 Å². The van der Waals surface area contributed by atoms with Crippen molar-refractivity contribution in [2.24, 2.45) is 0 Å². The van der Waals surface area contributed by atoms with Crippen LogP contribution in [0.4, 0.5) is 0 Å². The van der Waals surface area contributed by atoms with E-state index in [-0.39, 0.29) is 0 Å². The minimum Gasteiger partial charge on any atom is -0.227 e. The van der Waals surface area contributed by atoms with Gasteiger partial charge in [0.15, 0.2) is 16.3 Å². The van der Waals surface area contributed by atoms with Crippen LogP contribution in [0, 0.1) is 0 Å². The molecule has 30 heavy (non-hydrogen) atoms. The summed E-state index contributed by atoms with van der Waals surface area (Å²) in [5.41, 5.74) is 0. The summed E-state index contributed by atoms with van der Waals surface area (Å²) in [6.45, 7) is 1.15. The highest BCUT2D eigenvalue weighted by Gasteiger charge is 2.26. The van der Waals surface area contributed by atoms with E-state index in [2.05, 4.69) is 97.1 Å². The lowest BCUT2D eigenvalue weighted by atomic mass is 10.4. The van der Waals surface area contributed by atoms with Crippen molar-refractivity contribution in [3.8, 4) is 0 Å². The SMILES string of the molecule is c1ccc([PH+](OCCO[PH+](c2ccccc2)c2ccccc2)c2ccccc2)cc1. The Hall–Kier alpha value is -2.34. The Bertz CT molecular complexity index is 832. The van der Waals surface area contributed by atoms with Crippen molar-refractivity contribution in [1.29, 1.82) is 0 Å². The summed E-state index contributed by atoms with van der Waals surface area (Å²) in [4.78, 5) is 0. The molecular formula is C26H26O2P2+2. The molecule has 0 N–H and O–H groups in total. The van der Waals surface area contributed by atoms with Crippen LogP contribution in [-0.2, 0) is 9.05 Å². The molecule has 0 unspecified atom stereocenters. The summed E-state index contributed by atoms with van der Waals surface area (Å²) in [5.74, 6) is 0. The van der Waals surface area contributed by atoms with E-state index in [1.54, 1.807) is 0 Å². The summed E-state index contributed by atoms with van der Waals surface area (Å²) in [6, 6.07) is 42.1. The average molecular weight is 432 g/mol. The molecule has 0 bridgehead atoms. The maximum atomic E-state index is 6.43. The lowest BCUT2D eigenvalue weighted by Gasteiger charge is -2.12. The Morgan fingerprint density at radius 1 is 0.367 bits per heavy atom.